The highest BCUT2D eigenvalue weighted by atomic mass is 16.7. The van der Waals surface area contributed by atoms with Crippen molar-refractivity contribution in [2.24, 2.45) is 5.16 Å². The minimum Gasteiger partial charge on any atom is -0.323 e. The van der Waals surface area contributed by atoms with Gasteiger partial charge in [0.1, 0.15) is 5.71 Å². The molecule has 4 nitrogen and oxygen atoms in total. The number of nitrogens with zero attached hydrogens (tertiary/aromatic N) is 1. The summed E-state index contributed by atoms with van der Waals surface area (Å²) < 4.78 is 0. The van der Waals surface area contributed by atoms with Crippen LogP contribution in [0.15, 0.2) is 65.8 Å². The summed E-state index contributed by atoms with van der Waals surface area (Å²) in [7, 11) is 1.49. The Balaban J connectivity index is 2.37. The van der Waals surface area contributed by atoms with Crippen molar-refractivity contribution in [1.29, 1.82) is 0 Å². The molecule has 19 heavy (non-hydrogen) atoms. The van der Waals surface area contributed by atoms with Gasteiger partial charge in [0.2, 0.25) is 0 Å². The first kappa shape index (κ1) is 12.8. The van der Waals surface area contributed by atoms with Crippen LogP contribution in [-0.2, 0) is 4.84 Å². The molecule has 0 aliphatic heterocycles. The zero-order chi connectivity index (χ0) is 13.5. The lowest BCUT2D eigenvalue weighted by Crippen LogP contribution is -2.18. The standard InChI is InChI=1S/C15H14N2O2/c1-16-15(18)19-17-14(12-8-4-2-5-9-12)13-10-6-3-7-11-13/h2-11H,1H3,(H,16,18). The van der Waals surface area contributed by atoms with Crippen molar-refractivity contribution in [3.63, 3.8) is 0 Å². The zero-order valence-corrected chi connectivity index (χ0v) is 10.5. The van der Waals surface area contributed by atoms with Gasteiger partial charge in [-0.2, -0.15) is 0 Å². The summed E-state index contributed by atoms with van der Waals surface area (Å²) in [6.45, 7) is 0. The SMILES string of the molecule is CNC(=O)ON=C(c1ccccc1)c1ccccc1. The van der Waals surface area contributed by atoms with Crippen molar-refractivity contribution in [1.82, 2.24) is 5.32 Å². The third-order valence-corrected chi connectivity index (χ3v) is 2.52. The first-order valence-corrected chi connectivity index (χ1v) is 5.89. The molecule has 96 valence electrons. The maximum absolute atomic E-state index is 11.1. The molecular formula is C15H14N2O2. The van der Waals surface area contributed by atoms with Crippen LogP contribution < -0.4 is 5.32 Å². The molecule has 0 saturated heterocycles. The quantitative estimate of drug-likeness (QED) is 0.520. The Hall–Kier alpha value is -2.62. The van der Waals surface area contributed by atoms with E-state index in [1.165, 1.54) is 7.05 Å². The van der Waals surface area contributed by atoms with Crippen molar-refractivity contribution in [2.45, 2.75) is 0 Å². The van der Waals surface area contributed by atoms with Crippen LogP contribution in [0.5, 0.6) is 0 Å². The van der Waals surface area contributed by atoms with Gasteiger partial charge in [0.15, 0.2) is 0 Å². The molecule has 2 aromatic rings. The third-order valence-electron chi connectivity index (χ3n) is 2.52. The third kappa shape index (κ3) is 3.42. The van der Waals surface area contributed by atoms with Gasteiger partial charge in [0.05, 0.1) is 0 Å². The van der Waals surface area contributed by atoms with Gasteiger partial charge >= 0.3 is 6.09 Å². The number of hydrogen-bond donors (Lipinski definition) is 1. The lowest BCUT2D eigenvalue weighted by atomic mass is 10.0. The first-order valence-electron chi connectivity index (χ1n) is 5.89. The summed E-state index contributed by atoms with van der Waals surface area (Å²) in [4.78, 5) is 15.9. The Kier molecular flexibility index (Phi) is 4.29. The largest absolute Gasteiger partial charge is 0.433 e. The number of benzene rings is 2. The molecule has 0 heterocycles. The molecule has 0 spiro atoms. The van der Waals surface area contributed by atoms with Crippen LogP contribution in [0.25, 0.3) is 0 Å². The van der Waals surface area contributed by atoms with Gasteiger partial charge in [-0.25, -0.2) is 4.79 Å². The summed E-state index contributed by atoms with van der Waals surface area (Å²) in [5.41, 5.74) is 2.39. The van der Waals surface area contributed by atoms with Gasteiger partial charge in [-0.1, -0.05) is 65.8 Å². The molecule has 0 fully saturated rings. The van der Waals surface area contributed by atoms with Crippen LogP contribution in [-0.4, -0.2) is 18.9 Å². The highest BCUT2D eigenvalue weighted by Gasteiger charge is 2.08. The van der Waals surface area contributed by atoms with Crippen LogP contribution in [0.4, 0.5) is 4.79 Å². The molecule has 0 atom stereocenters. The van der Waals surface area contributed by atoms with E-state index >= 15 is 0 Å². The highest BCUT2D eigenvalue weighted by molar-refractivity contribution is 6.12. The maximum atomic E-state index is 11.1. The minimum atomic E-state index is -0.593. The van der Waals surface area contributed by atoms with E-state index in [0.29, 0.717) is 5.71 Å². The molecular weight excluding hydrogens is 240 g/mol. The molecule has 2 rings (SSSR count). The fraction of sp³-hybridized carbons (Fsp3) is 0.0667. The number of amides is 1. The molecule has 0 aromatic heterocycles. The van der Waals surface area contributed by atoms with E-state index in [-0.39, 0.29) is 0 Å². The Morgan fingerprint density at radius 3 is 1.84 bits per heavy atom. The molecule has 0 radical (unpaired) electrons. The van der Waals surface area contributed by atoms with Gasteiger partial charge in [-0.3, -0.25) is 4.84 Å². The van der Waals surface area contributed by atoms with E-state index in [4.69, 9.17) is 4.84 Å². The maximum Gasteiger partial charge on any atom is 0.433 e. The number of oxime groups is 1. The average Bonchev–Trinajstić information content (AvgIpc) is 2.49. The number of carbonyl (C=O) groups is 1. The van der Waals surface area contributed by atoms with Gasteiger partial charge < -0.3 is 5.32 Å². The van der Waals surface area contributed by atoms with E-state index in [2.05, 4.69) is 10.5 Å². The second-order valence-corrected chi connectivity index (χ2v) is 3.80. The van der Waals surface area contributed by atoms with Crippen molar-refractivity contribution in [2.75, 3.05) is 7.05 Å². The average molecular weight is 254 g/mol. The molecule has 0 bridgehead atoms. The summed E-state index contributed by atoms with van der Waals surface area (Å²) in [6.07, 6.45) is -0.593. The molecule has 0 saturated carbocycles. The molecule has 0 aliphatic rings. The van der Waals surface area contributed by atoms with E-state index in [9.17, 15) is 4.79 Å². The van der Waals surface area contributed by atoms with Crippen LogP contribution in [0.3, 0.4) is 0 Å². The van der Waals surface area contributed by atoms with Gasteiger partial charge in [-0.15, -0.1) is 0 Å². The van der Waals surface area contributed by atoms with Crippen LogP contribution in [0.1, 0.15) is 11.1 Å². The lowest BCUT2D eigenvalue weighted by Gasteiger charge is -2.06. The summed E-state index contributed by atoms with van der Waals surface area (Å²) >= 11 is 0. The number of carbonyl (C=O) groups excluding carboxylic acids is 1. The lowest BCUT2D eigenvalue weighted by molar-refractivity contribution is 0.153. The number of rotatable bonds is 3. The second kappa shape index (κ2) is 6.35. The van der Waals surface area contributed by atoms with E-state index in [1.807, 2.05) is 60.7 Å². The Bertz CT molecular complexity index is 524. The van der Waals surface area contributed by atoms with E-state index < -0.39 is 6.09 Å². The fourth-order valence-electron chi connectivity index (χ4n) is 1.60. The highest BCUT2D eigenvalue weighted by Crippen LogP contribution is 2.11. The molecule has 1 N–H and O–H groups in total. The van der Waals surface area contributed by atoms with E-state index in [1.54, 1.807) is 0 Å². The van der Waals surface area contributed by atoms with Gasteiger partial charge in [0, 0.05) is 18.2 Å². The van der Waals surface area contributed by atoms with Gasteiger partial charge in [0.25, 0.3) is 0 Å². The van der Waals surface area contributed by atoms with Crippen molar-refractivity contribution < 1.29 is 9.63 Å². The Morgan fingerprint density at radius 1 is 0.947 bits per heavy atom. The second-order valence-electron chi connectivity index (χ2n) is 3.80. The molecule has 0 aliphatic carbocycles. The van der Waals surface area contributed by atoms with Gasteiger partial charge in [-0.05, 0) is 0 Å². The molecule has 4 heteroatoms. The normalized spacial score (nSPS) is 9.53. The van der Waals surface area contributed by atoms with Crippen LogP contribution in [0, 0.1) is 0 Å². The first-order chi connectivity index (χ1) is 9.31. The van der Waals surface area contributed by atoms with E-state index in [0.717, 1.165) is 11.1 Å². The number of nitrogens with one attached hydrogen (secondary N) is 1. The predicted molar refractivity (Wildman–Crippen MR) is 74.1 cm³/mol. The minimum absolute atomic E-state index is 0.593. The summed E-state index contributed by atoms with van der Waals surface area (Å²) in [5.74, 6) is 0. The van der Waals surface area contributed by atoms with Crippen LogP contribution in [0.2, 0.25) is 0 Å². The summed E-state index contributed by atoms with van der Waals surface area (Å²) in [5, 5.41) is 6.29. The Morgan fingerprint density at radius 2 is 1.42 bits per heavy atom. The van der Waals surface area contributed by atoms with Crippen molar-refractivity contribution in [3.8, 4) is 0 Å². The van der Waals surface area contributed by atoms with Crippen molar-refractivity contribution >= 4 is 11.8 Å². The molecule has 2 aromatic carbocycles. The molecule has 0 unspecified atom stereocenters. The number of hydrogen-bond acceptors (Lipinski definition) is 3. The fourth-order valence-corrected chi connectivity index (χ4v) is 1.60. The smallest absolute Gasteiger partial charge is 0.323 e. The molecule has 1 amide bonds. The predicted octanol–water partition coefficient (Wildman–Crippen LogP) is 2.80. The van der Waals surface area contributed by atoms with Crippen LogP contribution >= 0.6 is 0 Å². The topological polar surface area (TPSA) is 50.7 Å². The monoisotopic (exact) mass is 254 g/mol. The Labute approximate surface area is 111 Å². The van der Waals surface area contributed by atoms with Crippen molar-refractivity contribution in [3.05, 3.63) is 71.8 Å². The summed E-state index contributed by atoms with van der Waals surface area (Å²) in [6, 6.07) is 19.1. The zero-order valence-electron chi connectivity index (χ0n) is 10.5.